The number of amides is 1. The molecule has 0 unspecified atom stereocenters. The second-order valence-corrected chi connectivity index (χ2v) is 7.58. The molecule has 3 N–H and O–H groups in total. The summed E-state index contributed by atoms with van der Waals surface area (Å²) < 4.78 is 49.2. The van der Waals surface area contributed by atoms with Crippen molar-refractivity contribution in [2.75, 3.05) is 5.32 Å². The SMILES string of the molecule is NS(=O)(=O)c1ccc(C(=O)Nc2nc(-c3ccc(F)cc3)cs2)cc1F. The largest absolute Gasteiger partial charge is 0.298 e. The van der Waals surface area contributed by atoms with Crippen LogP contribution in [0.5, 0.6) is 0 Å². The summed E-state index contributed by atoms with van der Waals surface area (Å²) in [6.07, 6.45) is 0. The summed E-state index contributed by atoms with van der Waals surface area (Å²) in [5, 5.41) is 9.30. The molecule has 0 fully saturated rings. The van der Waals surface area contributed by atoms with Gasteiger partial charge < -0.3 is 0 Å². The first kappa shape index (κ1) is 18.1. The van der Waals surface area contributed by atoms with E-state index in [1.807, 2.05) is 0 Å². The number of nitrogens with zero attached hydrogens (tertiary/aromatic N) is 1. The van der Waals surface area contributed by atoms with Gasteiger partial charge in [-0.05, 0) is 42.5 Å². The summed E-state index contributed by atoms with van der Waals surface area (Å²) in [5.41, 5.74) is 1.13. The van der Waals surface area contributed by atoms with E-state index in [2.05, 4.69) is 10.3 Å². The highest BCUT2D eigenvalue weighted by Crippen LogP contribution is 2.25. The van der Waals surface area contributed by atoms with E-state index in [0.717, 1.165) is 29.5 Å². The zero-order valence-electron chi connectivity index (χ0n) is 12.9. The summed E-state index contributed by atoms with van der Waals surface area (Å²) >= 11 is 1.14. The van der Waals surface area contributed by atoms with Crippen LogP contribution in [-0.2, 0) is 10.0 Å². The number of hydrogen-bond acceptors (Lipinski definition) is 5. The summed E-state index contributed by atoms with van der Waals surface area (Å²) in [7, 11) is -4.21. The predicted molar refractivity (Wildman–Crippen MR) is 93.2 cm³/mol. The molecule has 0 saturated carbocycles. The van der Waals surface area contributed by atoms with Crippen LogP contribution in [0, 0.1) is 11.6 Å². The van der Waals surface area contributed by atoms with Crippen molar-refractivity contribution in [3.8, 4) is 11.3 Å². The van der Waals surface area contributed by atoms with Crippen molar-refractivity contribution in [3.63, 3.8) is 0 Å². The fourth-order valence-corrected chi connectivity index (χ4v) is 3.43. The van der Waals surface area contributed by atoms with E-state index in [1.54, 1.807) is 17.5 Å². The zero-order valence-corrected chi connectivity index (χ0v) is 14.6. The van der Waals surface area contributed by atoms with E-state index < -0.39 is 26.6 Å². The van der Waals surface area contributed by atoms with Crippen LogP contribution >= 0.6 is 11.3 Å². The van der Waals surface area contributed by atoms with E-state index in [-0.39, 0.29) is 16.5 Å². The number of primary sulfonamides is 1. The fraction of sp³-hybridized carbons (Fsp3) is 0. The molecule has 3 rings (SSSR count). The highest BCUT2D eigenvalue weighted by molar-refractivity contribution is 7.89. The number of benzene rings is 2. The van der Waals surface area contributed by atoms with Gasteiger partial charge in [-0.1, -0.05) is 0 Å². The van der Waals surface area contributed by atoms with Crippen molar-refractivity contribution in [3.05, 3.63) is 65.0 Å². The molecule has 0 aliphatic heterocycles. The van der Waals surface area contributed by atoms with Crippen LogP contribution in [0.2, 0.25) is 0 Å². The average molecular weight is 395 g/mol. The Labute approximate surface area is 151 Å². The van der Waals surface area contributed by atoms with Crippen molar-refractivity contribution in [1.29, 1.82) is 0 Å². The number of halogens is 2. The molecular weight excluding hydrogens is 384 g/mol. The van der Waals surface area contributed by atoms with Gasteiger partial charge in [0.25, 0.3) is 5.91 Å². The molecule has 1 amide bonds. The van der Waals surface area contributed by atoms with Gasteiger partial charge in [0.15, 0.2) is 5.13 Å². The van der Waals surface area contributed by atoms with E-state index in [0.29, 0.717) is 11.3 Å². The summed E-state index contributed by atoms with van der Waals surface area (Å²) in [6, 6.07) is 8.54. The molecule has 3 aromatic rings. The van der Waals surface area contributed by atoms with Gasteiger partial charge in [-0.3, -0.25) is 10.1 Å². The molecule has 1 heterocycles. The molecule has 1 aromatic heterocycles. The lowest BCUT2D eigenvalue weighted by molar-refractivity contribution is 0.102. The molecule has 10 heteroatoms. The topological polar surface area (TPSA) is 102 Å². The van der Waals surface area contributed by atoms with Gasteiger partial charge in [0.2, 0.25) is 10.0 Å². The number of rotatable bonds is 4. The lowest BCUT2D eigenvalue weighted by atomic mass is 10.2. The Hall–Kier alpha value is -2.69. The Kier molecular flexibility index (Phi) is 4.81. The van der Waals surface area contributed by atoms with E-state index in [4.69, 9.17) is 5.14 Å². The van der Waals surface area contributed by atoms with E-state index >= 15 is 0 Å². The maximum Gasteiger partial charge on any atom is 0.257 e. The highest BCUT2D eigenvalue weighted by Gasteiger charge is 2.17. The van der Waals surface area contributed by atoms with Gasteiger partial charge in [0, 0.05) is 16.5 Å². The normalized spacial score (nSPS) is 11.3. The number of thiazole rings is 1. The Morgan fingerprint density at radius 3 is 2.42 bits per heavy atom. The quantitative estimate of drug-likeness (QED) is 0.709. The van der Waals surface area contributed by atoms with Gasteiger partial charge in [-0.2, -0.15) is 0 Å². The summed E-state index contributed by atoms with van der Waals surface area (Å²) in [4.78, 5) is 15.7. The molecule has 2 aromatic carbocycles. The Morgan fingerprint density at radius 2 is 1.81 bits per heavy atom. The molecular formula is C16H11F2N3O3S2. The minimum atomic E-state index is -4.21. The minimum absolute atomic E-state index is 0.0894. The molecule has 134 valence electrons. The standard InChI is InChI=1S/C16H11F2N3O3S2/c17-11-4-1-9(2-5-11)13-8-25-16(20-13)21-15(22)10-3-6-14(12(18)7-10)26(19,23)24/h1-8H,(H2,19,23,24)(H,20,21,22). The summed E-state index contributed by atoms with van der Waals surface area (Å²) in [6.45, 7) is 0. The number of anilines is 1. The number of carbonyl (C=O) groups is 1. The van der Waals surface area contributed by atoms with Crippen LogP contribution in [-0.4, -0.2) is 19.3 Å². The van der Waals surface area contributed by atoms with Crippen molar-refractivity contribution in [1.82, 2.24) is 4.98 Å². The van der Waals surface area contributed by atoms with Crippen LogP contribution in [0.1, 0.15) is 10.4 Å². The highest BCUT2D eigenvalue weighted by atomic mass is 32.2. The smallest absolute Gasteiger partial charge is 0.257 e. The molecule has 0 radical (unpaired) electrons. The first-order valence-electron chi connectivity index (χ1n) is 7.09. The first-order chi connectivity index (χ1) is 12.2. The van der Waals surface area contributed by atoms with Gasteiger partial charge in [-0.15, -0.1) is 11.3 Å². The van der Waals surface area contributed by atoms with Crippen LogP contribution < -0.4 is 10.5 Å². The van der Waals surface area contributed by atoms with Crippen LogP contribution in [0.3, 0.4) is 0 Å². The van der Waals surface area contributed by atoms with Crippen molar-refractivity contribution in [2.24, 2.45) is 5.14 Å². The lowest BCUT2D eigenvalue weighted by Gasteiger charge is -2.04. The molecule has 0 spiro atoms. The molecule has 26 heavy (non-hydrogen) atoms. The third-order valence-corrected chi connectivity index (χ3v) is 5.07. The van der Waals surface area contributed by atoms with Crippen molar-refractivity contribution < 1.29 is 22.0 Å². The Morgan fingerprint density at radius 1 is 1.12 bits per heavy atom. The third-order valence-electron chi connectivity index (χ3n) is 3.37. The van der Waals surface area contributed by atoms with E-state index in [9.17, 15) is 22.0 Å². The van der Waals surface area contributed by atoms with Gasteiger partial charge in [0.1, 0.15) is 16.5 Å². The monoisotopic (exact) mass is 395 g/mol. The maximum atomic E-state index is 13.8. The number of nitrogens with one attached hydrogen (secondary N) is 1. The average Bonchev–Trinajstić information content (AvgIpc) is 3.02. The van der Waals surface area contributed by atoms with E-state index in [1.165, 1.54) is 12.1 Å². The number of carbonyl (C=O) groups excluding carboxylic acids is 1. The second kappa shape index (κ2) is 6.90. The van der Waals surface area contributed by atoms with Gasteiger partial charge in [-0.25, -0.2) is 27.3 Å². The number of aromatic nitrogens is 1. The summed E-state index contributed by atoms with van der Waals surface area (Å²) in [5.74, 6) is -2.15. The number of sulfonamides is 1. The molecule has 0 bridgehead atoms. The predicted octanol–water partition coefficient (Wildman–Crippen LogP) is 2.99. The number of nitrogens with two attached hydrogens (primary N) is 1. The lowest BCUT2D eigenvalue weighted by Crippen LogP contribution is -2.16. The Bertz CT molecular complexity index is 1080. The molecule has 0 aliphatic carbocycles. The first-order valence-corrected chi connectivity index (χ1v) is 9.52. The van der Waals surface area contributed by atoms with Crippen LogP contribution in [0.4, 0.5) is 13.9 Å². The van der Waals surface area contributed by atoms with Crippen molar-refractivity contribution >= 4 is 32.4 Å². The second-order valence-electron chi connectivity index (χ2n) is 5.19. The maximum absolute atomic E-state index is 13.8. The zero-order chi connectivity index (χ0) is 18.9. The van der Waals surface area contributed by atoms with Gasteiger partial charge in [0.05, 0.1) is 5.69 Å². The Balaban J connectivity index is 1.78. The third kappa shape index (κ3) is 3.93. The molecule has 0 atom stereocenters. The minimum Gasteiger partial charge on any atom is -0.298 e. The number of hydrogen-bond donors (Lipinski definition) is 2. The van der Waals surface area contributed by atoms with Crippen LogP contribution in [0.25, 0.3) is 11.3 Å². The molecule has 0 aliphatic rings. The molecule has 6 nitrogen and oxygen atoms in total. The van der Waals surface area contributed by atoms with Crippen LogP contribution in [0.15, 0.2) is 52.7 Å². The fourth-order valence-electron chi connectivity index (χ4n) is 2.13. The van der Waals surface area contributed by atoms with Crippen molar-refractivity contribution in [2.45, 2.75) is 4.90 Å². The van der Waals surface area contributed by atoms with Gasteiger partial charge >= 0.3 is 0 Å². The molecule has 0 saturated heterocycles.